The van der Waals surface area contributed by atoms with E-state index in [1.165, 1.54) is 18.2 Å². The lowest BCUT2D eigenvalue weighted by Gasteiger charge is -2.12. The third kappa shape index (κ3) is 3.59. The molecule has 2 rings (SSSR count). The molecule has 0 unspecified atom stereocenters. The Bertz CT molecular complexity index is 828. The van der Waals surface area contributed by atoms with Crippen molar-refractivity contribution in [1.29, 1.82) is 5.26 Å². The first-order valence-corrected chi connectivity index (χ1v) is 8.54. The van der Waals surface area contributed by atoms with E-state index in [1.807, 2.05) is 6.07 Å². The van der Waals surface area contributed by atoms with E-state index >= 15 is 0 Å². The highest BCUT2D eigenvalue weighted by Crippen LogP contribution is 2.30. The Morgan fingerprint density at radius 2 is 1.91 bits per heavy atom. The van der Waals surface area contributed by atoms with Gasteiger partial charge in [-0.1, -0.05) is 28.1 Å². The van der Waals surface area contributed by atoms with Gasteiger partial charge in [0, 0.05) is 4.47 Å². The predicted octanol–water partition coefficient (Wildman–Crippen LogP) is 3.49. The molecule has 0 bridgehead atoms. The van der Waals surface area contributed by atoms with Crippen LogP contribution in [0.4, 0.5) is 0 Å². The second-order valence-corrected chi connectivity index (χ2v) is 6.60. The fraction of sp³-hybridized carbons (Fsp3) is 0.133. The number of hydrogen-bond donors (Lipinski definition) is 0. The van der Waals surface area contributed by atoms with Crippen molar-refractivity contribution in [3.05, 3.63) is 52.5 Å². The average molecular weight is 382 g/mol. The maximum absolute atomic E-state index is 12.5. The molecule has 114 valence electrons. The summed E-state index contributed by atoms with van der Waals surface area (Å²) < 4.78 is 36.0. The topological polar surface area (TPSA) is 76.4 Å². The Morgan fingerprint density at radius 3 is 2.59 bits per heavy atom. The minimum atomic E-state index is -4.13. The van der Waals surface area contributed by atoms with Crippen LogP contribution in [0.1, 0.15) is 12.5 Å². The van der Waals surface area contributed by atoms with Crippen molar-refractivity contribution in [1.82, 2.24) is 0 Å². The van der Waals surface area contributed by atoms with Crippen molar-refractivity contribution in [2.24, 2.45) is 0 Å². The van der Waals surface area contributed by atoms with Crippen molar-refractivity contribution < 1.29 is 17.3 Å². The van der Waals surface area contributed by atoms with Gasteiger partial charge < -0.3 is 8.92 Å². The van der Waals surface area contributed by atoms with Gasteiger partial charge in [0.2, 0.25) is 0 Å². The van der Waals surface area contributed by atoms with E-state index in [0.29, 0.717) is 11.1 Å². The Balaban J connectivity index is 2.47. The molecular weight excluding hydrogens is 370 g/mol. The summed E-state index contributed by atoms with van der Waals surface area (Å²) >= 11 is 3.23. The van der Waals surface area contributed by atoms with Gasteiger partial charge in [-0.05, 0) is 37.3 Å². The summed E-state index contributed by atoms with van der Waals surface area (Å²) in [5, 5.41) is 9.01. The first-order chi connectivity index (χ1) is 10.5. The van der Waals surface area contributed by atoms with Crippen LogP contribution in [0.15, 0.2) is 51.8 Å². The highest BCUT2D eigenvalue weighted by Gasteiger charge is 2.23. The molecule has 2 aromatic carbocycles. The summed E-state index contributed by atoms with van der Waals surface area (Å²) in [6.45, 7) is 2.07. The van der Waals surface area contributed by atoms with Gasteiger partial charge in [-0.2, -0.15) is 13.7 Å². The molecule has 2 aromatic rings. The fourth-order valence-corrected chi connectivity index (χ4v) is 3.38. The van der Waals surface area contributed by atoms with E-state index in [4.69, 9.17) is 14.2 Å². The monoisotopic (exact) mass is 381 g/mol. The Hall–Kier alpha value is -2.04. The summed E-state index contributed by atoms with van der Waals surface area (Å²) in [6.07, 6.45) is 0. The number of benzene rings is 2. The lowest BCUT2D eigenvalue weighted by molar-refractivity contribution is 0.329. The average Bonchev–Trinajstić information content (AvgIpc) is 2.49. The standard InChI is InChI=1S/C15H12BrNO4S/c1-2-20-14-8-7-12(16)9-15(14)22(18,19)21-13-6-4-3-5-11(13)10-17/h3-9H,2H2,1H3. The van der Waals surface area contributed by atoms with E-state index in [-0.39, 0.29) is 22.0 Å². The molecule has 0 spiro atoms. The molecule has 0 atom stereocenters. The van der Waals surface area contributed by atoms with E-state index in [2.05, 4.69) is 15.9 Å². The molecule has 7 heteroatoms. The van der Waals surface area contributed by atoms with Crippen molar-refractivity contribution in [3.8, 4) is 17.6 Å². The van der Waals surface area contributed by atoms with Gasteiger partial charge >= 0.3 is 10.1 Å². The minimum absolute atomic E-state index is 0.0209. The van der Waals surface area contributed by atoms with Gasteiger partial charge in [-0.3, -0.25) is 0 Å². The van der Waals surface area contributed by atoms with E-state index < -0.39 is 10.1 Å². The van der Waals surface area contributed by atoms with Gasteiger partial charge in [-0.25, -0.2) is 0 Å². The molecule has 5 nitrogen and oxygen atoms in total. The zero-order chi connectivity index (χ0) is 16.2. The number of halogens is 1. The van der Waals surface area contributed by atoms with Crippen LogP contribution in [0, 0.1) is 11.3 Å². The van der Waals surface area contributed by atoms with Crippen LogP contribution in [0.25, 0.3) is 0 Å². The molecule has 0 fully saturated rings. The normalized spacial score (nSPS) is 10.8. The quantitative estimate of drug-likeness (QED) is 0.740. The Labute approximate surface area is 137 Å². The van der Waals surface area contributed by atoms with Crippen molar-refractivity contribution in [2.75, 3.05) is 6.61 Å². The molecule has 0 saturated heterocycles. The maximum Gasteiger partial charge on any atom is 0.343 e. The number of rotatable bonds is 5. The number of nitrogens with zero attached hydrogens (tertiary/aromatic N) is 1. The molecule has 0 aliphatic carbocycles. The minimum Gasteiger partial charge on any atom is -0.492 e. The summed E-state index contributed by atoms with van der Waals surface area (Å²) in [6, 6.07) is 12.6. The van der Waals surface area contributed by atoms with Crippen LogP contribution in [0.3, 0.4) is 0 Å². The lowest BCUT2D eigenvalue weighted by atomic mass is 10.2. The molecule has 0 N–H and O–H groups in total. The zero-order valence-electron chi connectivity index (χ0n) is 11.6. The smallest absolute Gasteiger partial charge is 0.343 e. The Kier molecular flexibility index (Phi) is 5.06. The van der Waals surface area contributed by atoms with Crippen molar-refractivity contribution in [2.45, 2.75) is 11.8 Å². The van der Waals surface area contributed by atoms with Gasteiger partial charge in [0.25, 0.3) is 0 Å². The third-order valence-corrected chi connectivity index (χ3v) is 4.43. The first-order valence-electron chi connectivity index (χ1n) is 6.34. The molecule has 22 heavy (non-hydrogen) atoms. The highest BCUT2D eigenvalue weighted by atomic mass is 79.9. The van der Waals surface area contributed by atoms with Gasteiger partial charge in [0.05, 0.1) is 12.2 Å². The second-order valence-electron chi connectivity index (χ2n) is 4.17. The molecule has 0 saturated carbocycles. The summed E-state index contributed by atoms with van der Waals surface area (Å²) in [4.78, 5) is -0.100. The van der Waals surface area contributed by atoms with Crippen molar-refractivity contribution in [3.63, 3.8) is 0 Å². The molecule has 0 aromatic heterocycles. The van der Waals surface area contributed by atoms with E-state index in [0.717, 1.165) is 0 Å². The molecule has 0 radical (unpaired) electrons. The van der Waals surface area contributed by atoms with Gasteiger partial charge in [0.1, 0.15) is 16.7 Å². The van der Waals surface area contributed by atoms with Crippen LogP contribution in [0.5, 0.6) is 11.5 Å². The number of para-hydroxylation sites is 1. The van der Waals surface area contributed by atoms with Crippen LogP contribution in [-0.2, 0) is 10.1 Å². The molecular formula is C15H12BrNO4S. The Morgan fingerprint density at radius 1 is 1.18 bits per heavy atom. The van der Waals surface area contributed by atoms with Crippen LogP contribution < -0.4 is 8.92 Å². The lowest BCUT2D eigenvalue weighted by Crippen LogP contribution is -2.12. The SMILES string of the molecule is CCOc1ccc(Br)cc1S(=O)(=O)Oc1ccccc1C#N. The van der Waals surface area contributed by atoms with Crippen LogP contribution in [-0.4, -0.2) is 15.0 Å². The highest BCUT2D eigenvalue weighted by molar-refractivity contribution is 9.10. The fourth-order valence-electron chi connectivity index (χ4n) is 1.75. The molecule has 0 aliphatic heterocycles. The van der Waals surface area contributed by atoms with Gasteiger partial charge in [0.15, 0.2) is 5.75 Å². The maximum atomic E-state index is 12.5. The van der Waals surface area contributed by atoms with E-state index in [1.54, 1.807) is 31.2 Å². The van der Waals surface area contributed by atoms with Crippen molar-refractivity contribution >= 4 is 26.0 Å². The predicted molar refractivity (Wildman–Crippen MR) is 84.3 cm³/mol. The number of nitriles is 1. The molecule has 0 amide bonds. The van der Waals surface area contributed by atoms with Crippen LogP contribution >= 0.6 is 15.9 Å². The molecule has 0 heterocycles. The number of hydrogen-bond acceptors (Lipinski definition) is 5. The first kappa shape index (κ1) is 16.3. The third-order valence-electron chi connectivity index (χ3n) is 2.68. The summed E-state index contributed by atoms with van der Waals surface area (Å²) in [5.74, 6) is 0.174. The summed E-state index contributed by atoms with van der Waals surface area (Å²) in [5.41, 5.74) is 0.138. The zero-order valence-corrected chi connectivity index (χ0v) is 14.0. The largest absolute Gasteiger partial charge is 0.492 e. The second kappa shape index (κ2) is 6.81. The van der Waals surface area contributed by atoms with E-state index in [9.17, 15) is 8.42 Å². The number of ether oxygens (including phenoxy) is 1. The van der Waals surface area contributed by atoms with Crippen LogP contribution in [0.2, 0.25) is 0 Å². The summed E-state index contributed by atoms with van der Waals surface area (Å²) in [7, 11) is -4.13. The van der Waals surface area contributed by atoms with Gasteiger partial charge in [-0.15, -0.1) is 0 Å². The molecule has 0 aliphatic rings.